The molecule has 0 bridgehead atoms. The molecule has 1 aromatic carbocycles. The summed E-state index contributed by atoms with van der Waals surface area (Å²) in [5, 5.41) is 0. The van der Waals surface area contributed by atoms with Crippen LogP contribution in [0.25, 0.3) is 0 Å². The first-order valence-electron chi connectivity index (χ1n) is 7.63. The molecule has 1 heterocycles. The van der Waals surface area contributed by atoms with Crippen molar-refractivity contribution in [3.05, 3.63) is 29.3 Å². The molecular weight excluding hydrogens is 266 g/mol. The molecule has 0 saturated carbocycles. The molecule has 1 aliphatic heterocycles. The molecule has 0 spiro atoms. The SMILES string of the molecule is CCN(CC)C(=O)c1ccc(CN2CCOCC2)c(N)c1. The molecule has 5 nitrogen and oxygen atoms in total. The minimum Gasteiger partial charge on any atom is -0.398 e. The van der Waals surface area contributed by atoms with Crippen LogP contribution in [0.15, 0.2) is 18.2 Å². The maximum Gasteiger partial charge on any atom is 0.253 e. The smallest absolute Gasteiger partial charge is 0.253 e. The second-order valence-electron chi connectivity index (χ2n) is 5.28. The van der Waals surface area contributed by atoms with Crippen LogP contribution in [0.1, 0.15) is 29.8 Å². The van der Waals surface area contributed by atoms with E-state index in [1.165, 1.54) is 0 Å². The first kappa shape index (κ1) is 15.8. The van der Waals surface area contributed by atoms with Gasteiger partial charge in [-0.25, -0.2) is 0 Å². The van der Waals surface area contributed by atoms with E-state index in [0.717, 1.165) is 38.4 Å². The maximum atomic E-state index is 12.3. The van der Waals surface area contributed by atoms with Gasteiger partial charge in [0.2, 0.25) is 0 Å². The zero-order chi connectivity index (χ0) is 15.2. The van der Waals surface area contributed by atoms with Gasteiger partial charge in [-0.05, 0) is 31.5 Å². The van der Waals surface area contributed by atoms with Crippen LogP contribution in [-0.2, 0) is 11.3 Å². The predicted octanol–water partition coefficient (Wildman–Crippen LogP) is 1.58. The molecule has 5 heteroatoms. The second-order valence-corrected chi connectivity index (χ2v) is 5.28. The van der Waals surface area contributed by atoms with Crippen LogP contribution in [0.3, 0.4) is 0 Å². The third-order valence-corrected chi connectivity index (χ3v) is 3.94. The molecule has 1 aliphatic rings. The summed E-state index contributed by atoms with van der Waals surface area (Å²) in [4.78, 5) is 16.4. The van der Waals surface area contributed by atoms with Crippen molar-refractivity contribution < 1.29 is 9.53 Å². The zero-order valence-corrected chi connectivity index (χ0v) is 13.0. The maximum absolute atomic E-state index is 12.3. The highest BCUT2D eigenvalue weighted by atomic mass is 16.5. The number of rotatable bonds is 5. The number of carbonyl (C=O) groups excluding carboxylic acids is 1. The monoisotopic (exact) mass is 291 g/mol. The molecule has 116 valence electrons. The van der Waals surface area contributed by atoms with Crippen molar-refractivity contribution in [3.63, 3.8) is 0 Å². The molecule has 1 fully saturated rings. The van der Waals surface area contributed by atoms with E-state index in [9.17, 15) is 4.79 Å². The molecule has 0 radical (unpaired) electrons. The molecule has 21 heavy (non-hydrogen) atoms. The van der Waals surface area contributed by atoms with Crippen molar-refractivity contribution in [1.82, 2.24) is 9.80 Å². The topological polar surface area (TPSA) is 58.8 Å². The summed E-state index contributed by atoms with van der Waals surface area (Å²) in [6.45, 7) is 9.62. The standard InChI is InChI=1S/C16H25N3O2/c1-3-19(4-2)16(20)13-5-6-14(15(17)11-13)12-18-7-9-21-10-8-18/h5-6,11H,3-4,7-10,12,17H2,1-2H3. The number of anilines is 1. The normalized spacial score (nSPS) is 15.9. The molecule has 0 unspecified atom stereocenters. The van der Waals surface area contributed by atoms with Gasteiger partial charge in [0.25, 0.3) is 5.91 Å². The number of benzene rings is 1. The molecule has 2 rings (SSSR count). The lowest BCUT2D eigenvalue weighted by atomic mass is 10.1. The number of morpholine rings is 1. The van der Waals surface area contributed by atoms with Crippen LogP contribution < -0.4 is 5.73 Å². The summed E-state index contributed by atoms with van der Waals surface area (Å²) in [5.41, 5.74) is 8.57. The molecule has 1 amide bonds. The van der Waals surface area contributed by atoms with Crippen LogP contribution in [0.4, 0.5) is 5.69 Å². The van der Waals surface area contributed by atoms with Crippen LogP contribution in [0, 0.1) is 0 Å². The lowest BCUT2D eigenvalue weighted by molar-refractivity contribution is 0.0343. The molecule has 1 saturated heterocycles. The Kier molecular flexibility index (Phi) is 5.59. The average Bonchev–Trinajstić information content (AvgIpc) is 2.51. The van der Waals surface area contributed by atoms with Crippen LogP contribution in [0.2, 0.25) is 0 Å². The van der Waals surface area contributed by atoms with Gasteiger partial charge < -0.3 is 15.4 Å². The van der Waals surface area contributed by atoms with E-state index in [4.69, 9.17) is 10.5 Å². The molecule has 2 N–H and O–H groups in total. The van der Waals surface area contributed by atoms with E-state index in [0.29, 0.717) is 24.3 Å². The number of carbonyl (C=O) groups is 1. The highest BCUT2D eigenvalue weighted by molar-refractivity contribution is 5.95. The fourth-order valence-corrected chi connectivity index (χ4v) is 2.57. The summed E-state index contributed by atoms with van der Waals surface area (Å²) in [6.07, 6.45) is 0. The van der Waals surface area contributed by atoms with Gasteiger partial charge in [-0.2, -0.15) is 0 Å². The van der Waals surface area contributed by atoms with Gasteiger partial charge in [-0.1, -0.05) is 6.07 Å². The van der Waals surface area contributed by atoms with Crippen molar-refractivity contribution in [2.24, 2.45) is 0 Å². The Bertz CT molecular complexity index is 480. The average molecular weight is 291 g/mol. The van der Waals surface area contributed by atoms with Crippen molar-refractivity contribution in [1.29, 1.82) is 0 Å². The molecular formula is C16H25N3O2. The Labute approximate surface area is 126 Å². The van der Waals surface area contributed by atoms with Crippen LogP contribution >= 0.6 is 0 Å². The number of ether oxygens (including phenoxy) is 1. The Morgan fingerprint density at radius 2 is 1.95 bits per heavy atom. The zero-order valence-electron chi connectivity index (χ0n) is 13.0. The summed E-state index contributed by atoms with van der Waals surface area (Å²) in [7, 11) is 0. The van der Waals surface area contributed by atoms with Gasteiger partial charge in [0, 0.05) is 44.0 Å². The number of amides is 1. The number of nitrogens with zero attached hydrogens (tertiary/aromatic N) is 2. The molecule has 0 aliphatic carbocycles. The fraction of sp³-hybridized carbons (Fsp3) is 0.562. The van der Waals surface area contributed by atoms with Crippen LogP contribution in [-0.4, -0.2) is 55.1 Å². The first-order valence-corrected chi connectivity index (χ1v) is 7.63. The minimum absolute atomic E-state index is 0.0459. The Morgan fingerprint density at radius 3 is 2.52 bits per heavy atom. The van der Waals surface area contributed by atoms with Crippen molar-refractivity contribution in [2.75, 3.05) is 45.1 Å². The number of hydrogen-bond donors (Lipinski definition) is 1. The summed E-state index contributed by atoms with van der Waals surface area (Å²) in [6, 6.07) is 5.66. The number of nitrogens with two attached hydrogens (primary N) is 1. The number of hydrogen-bond acceptors (Lipinski definition) is 4. The first-order chi connectivity index (χ1) is 10.2. The van der Waals surface area contributed by atoms with Crippen molar-refractivity contribution >= 4 is 11.6 Å². The third-order valence-electron chi connectivity index (χ3n) is 3.94. The lowest BCUT2D eigenvalue weighted by Gasteiger charge is -2.27. The Hall–Kier alpha value is -1.59. The predicted molar refractivity (Wildman–Crippen MR) is 84.2 cm³/mol. The number of nitrogen functional groups attached to an aromatic ring is 1. The van der Waals surface area contributed by atoms with E-state index >= 15 is 0 Å². The molecule has 0 aromatic heterocycles. The summed E-state index contributed by atoms with van der Waals surface area (Å²) >= 11 is 0. The Morgan fingerprint density at radius 1 is 1.29 bits per heavy atom. The molecule has 0 atom stereocenters. The van der Waals surface area contributed by atoms with E-state index in [1.807, 2.05) is 26.0 Å². The Balaban J connectivity index is 2.07. The highest BCUT2D eigenvalue weighted by Gasteiger charge is 2.16. The fourth-order valence-electron chi connectivity index (χ4n) is 2.57. The van der Waals surface area contributed by atoms with Gasteiger partial charge in [0.1, 0.15) is 0 Å². The second kappa shape index (κ2) is 7.43. The summed E-state index contributed by atoms with van der Waals surface area (Å²) < 4.78 is 5.35. The highest BCUT2D eigenvalue weighted by Crippen LogP contribution is 2.18. The van der Waals surface area contributed by atoms with Crippen LogP contribution in [0.5, 0.6) is 0 Å². The van der Waals surface area contributed by atoms with E-state index in [-0.39, 0.29) is 5.91 Å². The third kappa shape index (κ3) is 3.95. The van der Waals surface area contributed by atoms with Gasteiger partial charge in [-0.15, -0.1) is 0 Å². The van der Waals surface area contributed by atoms with E-state index < -0.39 is 0 Å². The van der Waals surface area contributed by atoms with Gasteiger partial charge >= 0.3 is 0 Å². The van der Waals surface area contributed by atoms with Crippen molar-refractivity contribution in [3.8, 4) is 0 Å². The lowest BCUT2D eigenvalue weighted by Crippen LogP contribution is -2.35. The minimum atomic E-state index is 0.0459. The quantitative estimate of drug-likeness (QED) is 0.837. The molecule has 1 aromatic rings. The van der Waals surface area contributed by atoms with Gasteiger partial charge in [0.05, 0.1) is 13.2 Å². The van der Waals surface area contributed by atoms with Gasteiger partial charge in [0.15, 0.2) is 0 Å². The van der Waals surface area contributed by atoms with E-state index in [1.54, 1.807) is 11.0 Å². The largest absolute Gasteiger partial charge is 0.398 e. The van der Waals surface area contributed by atoms with Crippen molar-refractivity contribution in [2.45, 2.75) is 20.4 Å². The van der Waals surface area contributed by atoms with E-state index in [2.05, 4.69) is 4.90 Å². The summed E-state index contributed by atoms with van der Waals surface area (Å²) in [5.74, 6) is 0.0459. The van der Waals surface area contributed by atoms with Gasteiger partial charge in [-0.3, -0.25) is 9.69 Å².